The average molecular weight is 370 g/mol. The topological polar surface area (TPSA) is 78.0 Å². The predicted molar refractivity (Wildman–Crippen MR) is 93.9 cm³/mol. The molecule has 23 heavy (non-hydrogen) atoms. The van der Waals surface area contributed by atoms with Crippen molar-refractivity contribution in [3.8, 4) is 0 Å². The number of likely N-dealkylation sites (N-methyl/N-ethyl adjacent to an activating group) is 1. The van der Waals surface area contributed by atoms with Crippen LogP contribution in [0.4, 0.5) is 0 Å². The van der Waals surface area contributed by atoms with E-state index in [-0.39, 0.29) is 5.25 Å². The second-order valence-corrected chi connectivity index (χ2v) is 10.7. The lowest BCUT2D eigenvalue weighted by molar-refractivity contribution is 0.197. The van der Waals surface area contributed by atoms with E-state index in [9.17, 15) is 16.8 Å². The van der Waals surface area contributed by atoms with Crippen molar-refractivity contribution in [2.75, 3.05) is 65.4 Å². The highest BCUT2D eigenvalue weighted by Crippen LogP contribution is 2.15. The smallest absolute Gasteiger partial charge is 0.211 e. The number of likely N-dealkylation sites (tertiary alicyclic amines) is 1. The second kappa shape index (κ2) is 8.75. The standard InChI is InChI=1S/C7H16N2O2S.C7H15NO2S/c1-3-8-4-6-9(7-5-8)12(2,10)11;1-8-5-3-7(4-6-8)11(2,9)10/h3-7H2,1-2H3;7H,3-6H2,1-2H3. The molecule has 2 aliphatic heterocycles. The van der Waals surface area contributed by atoms with Crippen LogP contribution in [-0.4, -0.2) is 102 Å². The number of piperazine rings is 1. The van der Waals surface area contributed by atoms with E-state index in [0.717, 1.165) is 45.6 Å². The van der Waals surface area contributed by atoms with Crippen LogP contribution in [0, 0.1) is 0 Å². The van der Waals surface area contributed by atoms with Crippen molar-refractivity contribution in [2.45, 2.75) is 25.0 Å². The quantitative estimate of drug-likeness (QED) is 0.680. The third-order valence-corrected chi connectivity index (χ3v) is 7.50. The van der Waals surface area contributed by atoms with E-state index >= 15 is 0 Å². The summed E-state index contributed by atoms with van der Waals surface area (Å²) in [7, 11) is -3.70. The summed E-state index contributed by atoms with van der Waals surface area (Å²) in [6.07, 6.45) is 4.21. The maximum Gasteiger partial charge on any atom is 0.211 e. The van der Waals surface area contributed by atoms with Crippen LogP contribution >= 0.6 is 0 Å². The van der Waals surface area contributed by atoms with Crippen molar-refractivity contribution in [2.24, 2.45) is 0 Å². The summed E-state index contributed by atoms with van der Waals surface area (Å²) >= 11 is 0. The molecule has 0 aliphatic carbocycles. The first kappa shape index (κ1) is 20.8. The Kier molecular flexibility index (Phi) is 7.92. The van der Waals surface area contributed by atoms with Gasteiger partial charge in [0.05, 0.1) is 11.5 Å². The van der Waals surface area contributed by atoms with E-state index in [1.165, 1.54) is 12.5 Å². The van der Waals surface area contributed by atoms with E-state index in [0.29, 0.717) is 13.1 Å². The molecule has 0 aromatic rings. The number of rotatable bonds is 3. The van der Waals surface area contributed by atoms with Crippen molar-refractivity contribution in [3.05, 3.63) is 0 Å². The lowest BCUT2D eigenvalue weighted by Gasteiger charge is -2.32. The van der Waals surface area contributed by atoms with E-state index in [4.69, 9.17) is 0 Å². The molecule has 9 heteroatoms. The van der Waals surface area contributed by atoms with Gasteiger partial charge in [0.15, 0.2) is 0 Å². The summed E-state index contributed by atoms with van der Waals surface area (Å²) in [6, 6.07) is 0. The van der Waals surface area contributed by atoms with Crippen molar-refractivity contribution in [3.63, 3.8) is 0 Å². The Morgan fingerprint density at radius 3 is 1.70 bits per heavy atom. The van der Waals surface area contributed by atoms with Gasteiger partial charge in [-0.25, -0.2) is 16.8 Å². The van der Waals surface area contributed by atoms with Gasteiger partial charge in [-0.05, 0) is 39.5 Å². The monoisotopic (exact) mass is 369 g/mol. The Hall–Kier alpha value is -0.220. The summed E-state index contributed by atoms with van der Waals surface area (Å²) in [5.74, 6) is 0. The molecule has 0 bridgehead atoms. The van der Waals surface area contributed by atoms with Gasteiger partial charge in [-0.15, -0.1) is 0 Å². The molecule has 0 N–H and O–H groups in total. The normalized spacial score (nSPS) is 23.3. The van der Waals surface area contributed by atoms with E-state index in [1.807, 2.05) is 7.05 Å². The molecule has 0 radical (unpaired) electrons. The zero-order valence-electron chi connectivity index (χ0n) is 14.7. The SMILES string of the molecule is CCN1CCN(S(C)(=O)=O)CC1.CN1CCC(S(C)(=O)=O)CC1. The second-order valence-electron chi connectivity index (χ2n) is 6.43. The number of hydrogen-bond donors (Lipinski definition) is 0. The maximum atomic E-state index is 11.1. The van der Waals surface area contributed by atoms with Gasteiger partial charge >= 0.3 is 0 Å². The van der Waals surface area contributed by atoms with Crippen LogP contribution in [0.5, 0.6) is 0 Å². The van der Waals surface area contributed by atoms with Crippen molar-refractivity contribution < 1.29 is 16.8 Å². The Morgan fingerprint density at radius 1 is 0.870 bits per heavy atom. The molecule has 0 atom stereocenters. The van der Waals surface area contributed by atoms with Gasteiger partial charge in [0.25, 0.3) is 0 Å². The Morgan fingerprint density at radius 2 is 1.35 bits per heavy atom. The Bertz CT molecular complexity index is 547. The first-order chi connectivity index (χ1) is 10.5. The summed E-state index contributed by atoms with van der Waals surface area (Å²) in [4.78, 5) is 4.42. The number of sulfonamides is 1. The van der Waals surface area contributed by atoms with Gasteiger partial charge in [0.2, 0.25) is 10.0 Å². The van der Waals surface area contributed by atoms with Crippen molar-refractivity contribution >= 4 is 19.9 Å². The first-order valence-electron chi connectivity index (χ1n) is 8.09. The summed E-state index contributed by atoms with van der Waals surface area (Å²) in [5.41, 5.74) is 0. The van der Waals surface area contributed by atoms with E-state index < -0.39 is 19.9 Å². The Balaban J connectivity index is 0.000000231. The molecule has 0 saturated carbocycles. The number of hydrogen-bond acceptors (Lipinski definition) is 6. The zero-order valence-corrected chi connectivity index (χ0v) is 16.4. The summed E-state index contributed by atoms with van der Waals surface area (Å²) < 4.78 is 45.9. The van der Waals surface area contributed by atoms with Crippen LogP contribution in [0.15, 0.2) is 0 Å². The highest BCUT2D eigenvalue weighted by atomic mass is 32.2. The summed E-state index contributed by atoms with van der Waals surface area (Å²) in [5, 5.41) is -0.0845. The molecule has 2 rings (SSSR count). The minimum Gasteiger partial charge on any atom is -0.306 e. The fraction of sp³-hybridized carbons (Fsp3) is 1.00. The van der Waals surface area contributed by atoms with Gasteiger partial charge < -0.3 is 9.80 Å². The summed E-state index contributed by atoms with van der Waals surface area (Å²) in [6.45, 7) is 7.95. The maximum absolute atomic E-state index is 11.1. The fourth-order valence-electron chi connectivity index (χ4n) is 2.79. The van der Waals surface area contributed by atoms with E-state index in [1.54, 1.807) is 4.31 Å². The number of sulfone groups is 1. The molecule has 2 heterocycles. The molecular weight excluding hydrogens is 338 g/mol. The highest BCUT2D eigenvalue weighted by molar-refractivity contribution is 7.91. The minimum atomic E-state index is -2.95. The molecule has 2 fully saturated rings. The Labute approximate surface area is 141 Å². The molecule has 138 valence electrons. The van der Waals surface area contributed by atoms with Crippen LogP contribution in [0.2, 0.25) is 0 Å². The molecule has 0 unspecified atom stereocenters. The van der Waals surface area contributed by atoms with Crippen LogP contribution < -0.4 is 0 Å². The van der Waals surface area contributed by atoms with Gasteiger partial charge in [-0.3, -0.25) is 0 Å². The molecule has 0 aromatic carbocycles. The van der Waals surface area contributed by atoms with Crippen molar-refractivity contribution in [1.29, 1.82) is 0 Å². The van der Waals surface area contributed by atoms with Gasteiger partial charge in [-0.1, -0.05) is 6.92 Å². The molecule has 2 saturated heterocycles. The lowest BCUT2D eigenvalue weighted by Crippen LogP contribution is -2.48. The van der Waals surface area contributed by atoms with Crippen LogP contribution in [0.25, 0.3) is 0 Å². The van der Waals surface area contributed by atoms with Gasteiger partial charge in [0, 0.05) is 32.4 Å². The third-order valence-electron chi connectivity index (χ3n) is 4.52. The van der Waals surface area contributed by atoms with E-state index in [2.05, 4.69) is 16.7 Å². The lowest BCUT2D eigenvalue weighted by atomic mass is 10.1. The molecule has 2 aliphatic rings. The van der Waals surface area contributed by atoms with Crippen LogP contribution in [0.3, 0.4) is 0 Å². The average Bonchev–Trinajstić information content (AvgIpc) is 2.46. The minimum absolute atomic E-state index is 0.0845. The molecular formula is C14H31N3O4S2. The largest absolute Gasteiger partial charge is 0.306 e. The molecule has 0 amide bonds. The number of piperidine rings is 1. The number of nitrogens with zero attached hydrogens (tertiary/aromatic N) is 3. The zero-order chi connectivity index (χ0) is 17.7. The highest BCUT2D eigenvalue weighted by Gasteiger charge is 2.24. The van der Waals surface area contributed by atoms with Crippen molar-refractivity contribution in [1.82, 2.24) is 14.1 Å². The van der Waals surface area contributed by atoms with Gasteiger partial charge in [-0.2, -0.15) is 4.31 Å². The third kappa shape index (κ3) is 7.47. The first-order valence-corrected chi connectivity index (χ1v) is 11.9. The van der Waals surface area contributed by atoms with Gasteiger partial charge in [0.1, 0.15) is 9.84 Å². The molecule has 7 nitrogen and oxygen atoms in total. The molecule has 0 aromatic heterocycles. The molecule has 0 spiro atoms. The van der Waals surface area contributed by atoms with Crippen LogP contribution in [-0.2, 0) is 19.9 Å². The predicted octanol–water partition coefficient (Wildman–Crippen LogP) is -0.291. The fourth-order valence-corrected chi connectivity index (χ4v) is 4.68. The van der Waals surface area contributed by atoms with Crippen LogP contribution in [0.1, 0.15) is 19.8 Å².